The number of aromatic nitrogens is 1. The summed E-state index contributed by atoms with van der Waals surface area (Å²) in [7, 11) is 0. The molecule has 0 N–H and O–H groups in total. The van der Waals surface area contributed by atoms with E-state index in [-0.39, 0.29) is 5.91 Å². The van der Waals surface area contributed by atoms with E-state index >= 15 is 0 Å². The van der Waals surface area contributed by atoms with Crippen molar-refractivity contribution in [1.82, 2.24) is 19.7 Å². The normalized spacial score (nSPS) is 22.5. The molecule has 1 amide bonds. The lowest BCUT2D eigenvalue weighted by molar-refractivity contribution is 0.0570. The Morgan fingerprint density at radius 1 is 1.24 bits per heavy atom. The van der Waals surface area contributed by atoms with Crippen LogP contribution in [0.4, 0.5) is 0 Å². The van der Waals surface area contributed by atoms with E-state index in [1.807, 2.05) is 6.20 Å². The van der Waals surface area contributed by atoms with Crippen molar-refractivity contribution in [2.24, 2.45) is 0 Å². The van der Waals surface area contributed by atoms with Gasteiger partial charge in [0.2, 0.25) is 0 Å². The van der Waals surface area contributed by atoms with Crippen LogP contribution in [0.25, 0.3) is 0 Å². The van der Waals surface area contributed by atoms with Gasteiger partial charge in [-0.15, -0.1) is 11.3 Å². The number of piperazine rings is 1. The molecule has 2 aromatic rings. The Balaban J connectivity index is 1.24. The summed E-state index contributed by atoms with van der Waals surface area (Å²) in [6, 6.07) is 4.92. The predicted octanol–water partition coefficient (Wildman–Crippen LogP) is 3.18. The van der Waals surface area contributed by atoms with Crippen LogP contribution in [0.1, 0.15) is 51.8 Å². The van der Waals surface area contributed by atoms with E-state index in [0.717, 1.165) is 63.4 Å². The zero-order chi connectivity index (χ0) is 19.8. The van der Waals surface area contributed by atoms with E-state index in [2.05, 4.69) is 44.1 Å². The molecule has 5 rings (SSSR count). The number of hydrogen-bond donors (Lipinski definition) is 0. The van der Waals surface area contributed by atoms with Crippen molar-refractivity contribution >= 4 is 17.2 Å². The van der Waals surface area contributed by atoms with Gasteiger partial charge in [-0.1, -0.05) is 13.0 Å². The molecule has 0 spiro atoms. The van der Waals surface area contributed by atoms with Gasteiger partial charge in [-0.05, 0) is 49.4 Å². The van der Waals surface area contributed by atoms with Crippen molar-refractivity contribution in [3.8, 4) is 0 Å². The van der Waals surface area contributed by atoms with E-state index in [1.165, 1.54) is 35.4 Å². The second kappa shape index (κ2) is 8.17. The molecule has 2 aromatic heterocycles. The van der Waals surface area contributed by atoms with Crippen molar-refractivity contribution in [1.29, 1.82) is 0 Å². The minimum absolute atomic E-state index is 0.263. The van der Waals surface area contributed by atoms with E-state index in [4.69, 9.17) is 0 Å². The first-order chi connectivity index (χ1) is 14.2. The molecule has 5 nitrogen and oxygen atoms in total. The van der Waals surface area contributed by atoms with Gasteiger partial charge in [-0.2, -0.15) is 0 Å². The maximum atomic E-state index is 13.2. The zero-order valence-corrected chi connectivity index (χ0v) is 18.1. The molecule has 0 saturated carbocycles. The SMILES string of the molecule is CCc1ccc(CN2CCc3c(C(=O)N4CCN5CCC[C@H]5C4)csc3C2)nc1. The second-order valence-corrected chi connectivity index (χ2v) is 9.57. The Labute approximate surface area is 177 Å². The van der Waals surface area contributed by atoms with E-state index in [1.54, 1.807) is 11.3 Å². The maximum absolute atomic E-state index is 13.2. The summed E-state index contributed by atoms with van der Waals surface area (Å²) in [5.41, 5.74) is 4.70. The van der Waals surface area contributed by atoms with E-state index in [0.29, 0.717) is 6.04 Å². The first kappa shape index (κ1) is 19.2. The Kier molecular flexibility index (Phi) is 5.41. The lowest BCUT2D eigenvalue weighted by Gasteiger charge is -2.37. The first-order valence-electron chi connectivity index (χ1n) is 11.0. The standard InChI is InChI=1S/C23H30N4OS/c1-2-17-5-6-18(24-12-17)13-25-9-7-20-21(16-29-22(20)15-25)23(28)27-11-10-26-8-3-4-19(26)14-27/h5-6,12,16,19H,2-4,7-11,13-15H2,1H3/t19-/m0/s1. The molecule has 6 heteroatoms. The maximum Gasteiger partial charge on any atom is 0.255 e. The zero-order valence-electron chi connectivity index (χ0n) is 17.3. The Morgan fingerprint density at radius 3 is 3.00 bits per heavy atom. The quantitative estimate of drug-likeness (QED) is 0.776. The van der Waals surface area contributed by atoms with Gasteiger partial charge in [0.05, 0.1) is 11.3 Å². The summed E-state index contributed by atoms with van der Waals surface area (Å²) in [5, 5.41) is 2.12. The minimum atomic E-state index is 0.263. The van der Waals surface area contributed by atoms with Crippen LogP contribution < -0.4 is 0 Å². The van der Waals surface area contributed by atoms with Gasteiger partial charge in [0.1, 0.15) is 0 Å². The first-order valence-corrected chi connectivity index (χ1v) is 11.9. The molecule has 5 heterocycles. The Bertz CT molecular complexity index is 878. The number of nitrogens with zero attached hydrogens (tertiary/aromatic N) is 4. The van der Waals surface area contributed by atoms with Gasteiger partial charge in [0.25, 0.3) is 5.91 Å². The fraction of sp³-hybridized carbons (Fsp3) is 0.565. The summed E-state index contributed by atoms with van der Waals surface area (Å²) in [4.78, 5) is 26.4. The fourth-order valence-corrected chi connectivity index (χ4v) is 6.14. The molecule has 0 radical (unpaired) electrons. The van der Waals surface area contributed by atoms with Crippen molar-refractivity contribution in [3.63, 3.8) is 0 Å². The summed E-state index contributed by atoms with van der Waals surface area (Å²) in [6.45, 7) is 9.02. The molecule has 0 aromatic carbocycles. The summed E-state index contributed by atoms with van der Waals surface area (Å²) in [6.07, 6.45) is 6.52. The third-order valence-corrected chi connectivity index (χ3v) is 7.82. The van der Waals surface area contributed by atoms with Gasteiger partial charge in [0, 0.05) is 61.8 Å². The van der Waals surface area contributed by atoms with Gasteiger partial charge < -0.3 is 4.90 Å². The number of carbonyl (C=O) groups excluding carboxylic acids is 1. The molecule has 0 bridgehead atoms. The molecule has 2 fully saturated rings. The third kappa shape index (κ3) is 3.86. The molecule has 3 aliphatic rings. The van der Waals surface area contributed by atoms with Crippen LogP contribution >= 0.6 is 11.3 Å². The molecule has 1 atom stereocenters. The van der Waals surface area contributed by atoms with Crippen LogP contribution in [0, 0.1) is 0 Å². The second-order valence-electron chi connectivity index (χ2n) is 8.61. The summed E-state index contributed by atoms with van der Waals surface area (Å²) < 4.78 is 0. The fourth-order valence-electron chi connectivity index (χ4n) is 5.03. The van der Waals surface area contributed by atoms with Crippen LogP contribution in [-0.4, -0.2) is 64.4 Å². The average molecular weight is 411 g/mol. The van der Waals surface area contributed by atoms with Crippen molar-refractivity contribution in [2.75, 3.05) is 32.7 Å². The summed E-state index contributed by atoms with van der Waals surface area (Å²) in [5.74, 6) is 0.263. The number of fused-ring (bicyclic) bond motifs is 2. The molecule has 2 saturated heterocycles. The number of rotatable bonds is 4. The van der Waals surface area contributed by atoms with Gasteiger partial charge in [-0.25, -0.2) is 0 Å². The highest BCUT2D eigenvalue weighted by Gasteiger charge is 2.34. The highest BCUT2D eigenvalue weighted by atomic mass is 32.1. The molecule has 154 valence electrons. The van der Waals surface area contributed by atoms with Crippen molar-refractivity contribution in [2.45, 2.75) is 51.7 Å². The molecule has 3 aliphatic heterocycles. The molecule has 0 unspecified atom stereocenters. The largest absolute Gasteiger partial charge is 0.336 e. The number of carbonyl (C=O) groups is 1. The van der Waals surface area contributed by atoms with E-state index in [9.17, 15) is 4.79 Å². The average Bonchev–Trinajstić information content (AvgIpc) is 3.40. The number of thiophene rings is 1. The summed E-state index contributed by atoms with van der Waals surface area (Å²) >= 11 is 1.76. The number of hydrogen-bond acceptors (Lipinski definition) is 5. The van der Waals surface area contributed by atoms with Crippen LogP contribution in [0.15, 0.2) is 23.7 Å². The van der Waals surface area contributed by atoms with Crippen molar-refractivity contribution < 1.29 is 4.79 Å². The topological polar surface area (TPSA) is 39.7 Å². The molecular formula is C23H30N4OS. The monoisotopic (exact) mass is 410 g/mol. The minimum Gasteiger partial charge on any atom is -0.336 e. The number of pyridine rings is 1. The van der Waals surface area contributed by atoms with Gasteiger partial charge in [0.15, 0.2) is 0 Å². The third-order valence-electron chi connectivity index (χ3n) is 6.81. The number of amides is 1. The lowest BCUT2D eigenvalue weighted by atomic mass is 10.0. The Morgan fingerprint density at radius 2 is 2.17 bits per heavy atom. The molecule has 29 heavy (non-hydrogen) atoms. The van der Waals surface area contributed by atoms with Crippen LogP contribution in [0.2, 0.25) is 0 Å². The number of aryl methyl sites for hydroxylation is 1. The van der Waals surface area contributed by atoms with Crippen LogP contribution in [-0.2, 0) is 25.9 Å². The van der Waals surface area contributed by atoms with Crippen LogP contribution in [0.5, 0.6) is 0 Å². The van der Waals surface area contributed by atoms with Gasteiger partial charge in [-0.3, -0.25) is 19.6 Å². The molecule has 0 aliphatic carbocycles. The predicted molar refractivity (Wildman–Crippen MR) is 116 cm³/mol. The molecular weight excluding hydrogens is 380 g/mol. The smallest absolute Gasteiger partial charge is 0.255 e. The van der Waals surface area contributed by atoms with Crippen LogP contribution in [0.3, 0.4) is 0 Å². The Hall–Kier alpha value is -1.76. The highest BCUT2D eigenvalue weighted by molar-refractivity contribution is 7.10. The van der Waals surface area contributed by atoms with Gasteiger partial charge >= 0.3 is 0 Å². The lowest BCUT2D eigenvalue weighted by Crippen LogP contribution is -2.52. The van der Waals surface area contributed by atoms with E-state index < -0.39 is 0 Å². The highest BCUT2D eigenvalue weighted by Crippen LogP contribution is 2.31. The van der Waals surface area contributed by atoms with Crippen molar-refractivity contribution in [3.05, 3.63) is 51.0 Å².